The van der Waals surface area contributed by atoms with E-state index in [2.05, 4.69) is 5.32 Å². The molecule has 1 amide bonds. The molecule has 0 aliphatic heterocycles. The summed E-state index contributed by atoms with van der Waals surface area (Å²) < 4.78 is 63.0. The number of hydrogen-bond donors (Lipinski definition) is 1. The van der Waals surface area contributed by atoms with Gasteiger partial charge in [0.1, 0.15) is 0 Å². The standard InChI is InChI=1S/C19H21F3N2O3S/c1-14-5-3-6-17(13-14)24(28(2,26)27)12-4-7-18(25)23-16-10-8-15(9-11-16)19(20,21)22/h3,5-6,8-11,13H,4,7,12H2,1-2H3,(H,23,25). The first-order chi connectivity index (χ1) is 13.0. The third kappa shape index (κ3) is 6.26. The summed E-state index contributed by atoms with van der Waals surface area (Å²) in [7, 11) is -3.52. The van der Waals surface area contributed by atoms with Gasteiger partial charge in [-0.15, -0.1) is 0 Å². The number of carbonyl (C=O) groups excluding carboxylic acids is 1. The second-order valence-corrected chi connectivity index (χ2v) is 8.31. The third-order valence-electron chi connectivity index (χ3n) is 3.95. The Balaban J connectivity index is 1.94. The molecular weight excluding hydrogens is 393 g/mol. The minimum Gasteiger partial charge on any atom is -0.326 e. The summed E-state index contributed by atoms with van der Waals surface area (Å²) in [6.07, 6.45) is -3.06. The fraction of sp³-hybridized carbons (Fsp3) is 0.316. The SMILES string of the molecule is Cc1cccc(N(CCCC(=O)Nc2ccc(C(F)(F)F)cc2)S(C)(=O)=O)c1. The van der Waals surface area contributed by atoms with E-state index in [1.807, 2.05) is 13.0 Å². The number of sulfonamides is 1. The van der Waals surface area contributed by atoms with E-state index < -0.39 is 27.7 Å². The van der Waals surface area contributed by atoms with Crippen molar-refractivity contribution in [3.63, 3.8) is 0 Å². The van der Waals surface area contributed by atoms with Gasteiger partial charge in [0.05, 0.1) is 17.5 Å². The van der Waals surface area contributed by atoms with Crippen LogP contribution in [0.2, 0.25) is 0 Å². The molecule has 0 radical (unpaired) electrons. The first-order valence-electron chi connectivity index (χ1n) is 8.48. The van der Waals surface area contributed by atoms with E-state index in [9.17, 15) is 26.4 Å². The van der Waals surface area contributed by atoms with Crippen molar-refractivity contribution in [3.8, 4) is 0 Å². The van der Waals surface area contributed by atoms with Gasteiger partial charge in [-0.2, -0.15) is 13.2 Å². The van der Waals surface area contributed by atoms with Gasteiger partial charge in [-0.05, 0) is 55.3 Å². The van der Waals surface area contributed by atoms with Gasteiger partial charge in [-0.25, -0.2) is 8.42 Å². The largest absolute Gasteiger partial charge is 0.416 e. The van der Waals surface area contributed by atoms with Crippen LogP contribution in [-0.4, -0.2) is 27.1 Å². The summed E-state index contributed by atoms with van der Waals surface area (Å²) in [4.78, 5) is 12.0. The van der Waals surface area contributed by atoms with E-state index >= 15 is 0 Å². The highest BCUT2D eigenvalue weighted by molar-refractivity contribution is 7.92. The first-order valence-corrected chi connectivity index (χ1v) is 10.3. The summed E-state index contributed by atoms with van der Waals surface area (Å²) in [6, 6.07) is 11.1. The van der Waals surface area contributed by atoms with E-state index in [0.717, 1.165) is 24.0 Å². The lowest BCUT2D eigenvalue weighted by Gasteiger charge is -2.22. The minimum absolute atomic E-state index is 0.0266. The second-order valence-electron chi connectivity index (χ2n) is 6.40. The molecule has 9 heteroatoms. The highest BCUT2D eigenvalue weighted by Crippen LogP contribution is 2.29. The second kappa shape index (κ2) is 8.64. The van der Waals surface area contributed by atoms with E-state index in [-0.39, 0.29) is 25.1 Å². The van der Waals surface area contributed by atoms with Crippen molar-refractivity contribution in [2.24, 2.45) is 0 Å². The van der Waals surface area contributed by atoms with Gasteiger partial charge in [0.15, 0.2) is 0 Å². The molecule has 0 saturated carbocycles. The Morgan fingerprint density at radius 1 is 1.11 bits per heavy atom. The number of halogens is 3. The quantitative estimate of drug-likeness (QED) is 0.739. The zero-order valence-corrected chi connectivity index (χ0v) is 16.3. The Kier molecular flexibility index (Phi) is 6.71. The summed E-state index contributed by atoms with van der Waals surface area (Å²) in [5.41, 5.74) is 0.876. The molecule has 0 aliphatic rings. The number of carbonyl (C=O) groups is 1. The summed E-state index contributed by atoms with van der Waals surface area (Å²) >= 11 is 0. The van der Waals surface area contributed by atoms with E-state index in [4.69, 9.17) is 0 Å². The Hall–Kier alpha value is -2.55. The van der Waals surface area contributed by atoms with Crippen LogP contribution in [0.25, 0.3) is 0 Å². The van der Waals surface area contributed by atoms with Crippen molar-refractivity contribution in [2.45, 2.75) is 25.9 Å². The molecule has 0 saturated heterocycles. The molecule has 0 aliphatic carbocycles. The van der Waals surface area contributed by atoms with Crippen molar-refractivity contribution in [1.82, 2.24) is 0 Å². The van der Waals surface area contributed by atoms with E-state index in [1.54, 1.807) is 18.2 Å². The lowest BCUT2D eigenvalue weighted by Crippen LogP contribution is -2.31. The van der Waals surface area contributed by atoms with Crippen LogP contribution in [0.5, 0.6) is 0 Å². The van der Waals surface area contributed by atoms with Gasteiger partial charge >= 0.3 is 6.18 Å². The molecule has 0 bridgehead atoms. The maximum absolute atomic E-state index is 12.5. The number of nitrogens with zero attached hydrogens (tertiary/aromatic N) is 1. The Morgan fingerprint density at radius 2 is 1.75 bits per heavy atom. The molecule has 0 heterocycles. The van der Waals surface area contributed by atoms with Gasteiger partial charge in [-0.3, -0.25) is 9.10 Å². The van der Waals surface area contributed by atoms with Crippen molar-refractivity contribution in [2.75, 3.05) is 22.4 Å². The molecule has 0 fully saturated rings. The molecular formula is C19H21F3N2O3S. The number of rotatable bonds is 7. The number of anilines is 2. The van der Waals surface area contributed by atoms with Gasteiger partial charge < -0.3 is 5.32 Å². The van der Waals surface area contributed by atoms with Crippen LogP contribution < -0.4 is 9.62 Å². The van der Waals surface area contributed by atoms with Gasteiger partial charge in [0.25, 0.3) is 0 Å². The maximum Gasteiger partial charge on any atom is 0.416 e. The Bertz CT molecular complexity index is 926. The topological polar surface area (TPSA) is 66.5 Å². The zero-order valence-electron chi connectivity index (χ0n) is 15.5. The average molecular weight is 414 g/mol. The predicted molar refractivity (Wildman–Crippen MR) is 103 cm³/mol. The number of hydrogen-bond acceptors (Lipinski definition) is 3. The van der Waals surface area contributed by atoms with Crippen LogP contribution >= 0.6 is 0 Å². The van der Waals surface area contributed by atoms with E-state index in [1.165, 1.54) is 16.4 Å². The molecule has 2 rings (SSSR count). The zero-order chi connectivity index (χ0) is 20.9. The number of alkyl halides is 3. The molecule has 2 aromatic rings. The van der Waals surface area contributed by atoms with Gasteiger partial charge in [0.2, 0.25) is 15.9 Å². The number of amides is 1. The minimum atomic E-state index is -4.44. The molecule has 2 aromatic carbocycles. The number of benzene rings is 2. The van der Waals surface area contributed by atoms with Crippen molar-refractivity contribution in [1.29, 1.82) is 0 Å². The molecule has 0 unspecified atom stereocenters. The smallest absolute Gasteiger partial charge is 0.326 e. The summed E-state index contributed by atoms with van der Waals surface area (Å²) in [5.74, 6) is -0.405. The van der Waals surface area contributed by atoms with Gasteiger partial charge in [-0.1, -0.05) is 12.1 Å². The summed E-state index contributed by atoms with van der Waals surface area (Å²) in [5, 5.41) is 2.51. The monoisotopic (exact) mass is 414 g/mol. The van der Waals surface area contributed by atoms with Crippen molar-refractivity contribution in [3.05, 3.63) is 59.7 Å². The molecule has 0 spiro atoms. The van der Waals surface area contributed by atoms with Crippen LogP contribution in [0.4, 0.5) is 24.5 Å². The fourth-order valence-corrected chi connectivity index (χ4v) is 3.58. The van der Waals surface area contributed by atoms with Crippen molar-refractivity contribution < 1.29 is 26.4 Å². The van der Waals surface area contributed by atoms with Crippen LogP contribution in [-0.2, 0) is 21.0 Å². The van der Waals surface area contributed by atoms with Crippen LogP contribution in [0, 0.1) is 6.92 Å². The van der Waals surface area contributed by atoms with E-state index in [0.29, 0.717) is 5.69 Å². The van der Waals surface area contributed by atoms with Crippen molar-refractivity contribution >= 4 is 27.3 Å². The highest BCUT2D eigenvalue weighted by Gasteiger charge is 2.30. The molecule has 1 N–H and O–H groups in total. The lowest BCUT2D eigenvalue weighted by atomic mass is 10.2. The van der Waals surface area contributed by atoms with Crippen LogP contribution in [0.3, 0.4) is 0 Å². The Morgan fingerprint density at radius 3 is 2.29 bits per heavy atom. The predicted octanol–water partition coefficient (Wildman–Crippen LogP) is 4.20. The van der Waals surface area contributed by atoms with Gasteiger partial charge in [0, 0.05) is 18.7 Å². The maximum atomic E-state index is 12.5. The normalized spacial score (nSPS) is 11.9. The highest BCUT2D eigenvalue weighted by atomic mass is 32.2. The number of nitrogens with one attached hydrogen (secondary N) is 1. The molecule has 0 atom stereocenters. The lowest BCUT2D eigenvalue weighted by molar-refractivity contribution is -0.137. The molecule has 152 valence electrons. The van der Waals surface area contributed by atoms with Crippen LogP contribution in [0.15, 0.2) is 48.5 Å². The molecule has 0 aromatic heterocycles. The molecule has 5 nitrogen and oxygen atoms in total. The summed E-state index contributed by atoms with van der Waals surface area (Å²) in [6.45, 7) is 1.96. The number of aryl methyl sites for hydroxylation is 1. The average Bonchev–Trinajstić information content (AvgIpc) is 2.57. The Labute approximate surface area is 162 Å². The molecule has 28 heavy (non-hydrogen) atoms. The third-order valence-corrected chi connectivity index (χ3v) is 5.15. The fourth-order valence-electron chi connectivity index (χ4n) is 2.62. The van der Waals surface area contributed by atoms with Crippen LogP contribution in [0.1, 0.15) is 24.0 Å². The first kappa shape index (κ1) is 21.7.